The predicted octanol–water partition coefficient (Wildman–Crippen LogP) is 3.39. The van der Waals surface area contributed by atoms with Gasteiger partial charge in [-0.05, 0) is 37.6 Å². The molecule has 0 heterocycles. The zero-order chi connectivity index (χ0) is 13.5. The Morgan fingerprint density at radius 3 is 2.89 bits per heavy atom. The minimum atomic E-state index is -0.0913. The molecule has 0 saturated carbocycles. The summed E-state index contributed by atoms with van der Waals surface area (Å²) in [7, 11) is 1.61. The Morgan fingerprint density at radius 1 is 1.56 bits per heavy atom. The van der Waals surface area contributed by atoms with Crippen molar-refractivity contribution < 1.29 is 9.53 Å². The van der Waals surface area contributed by atoms with Crippen molar-refractivity contribution in [2.45, 2.75) is 26.3 Å². The van der Waals surface area contributed by atoms with Crippen molar-refractivity contribution in [2.24, 2.45) is 0 Å². The van der Waals surface area contributed by atoms with E-state index in [2.05, 4.69) is 21.2 Å². The summed E-state index contributed by atoms with van der Waals surface area (Å²) in [6.45, 7) is 4.01. The minimum absolute atomic E-state index is 0.0913. The van der Waals surface area contributed by atoms with Crippen LogP contribution in [0.5, 0.6) is 5.75 Å². The molecule has 98 valence electrons. The molecule has 0 saturated heterocycles. The molecule has 0 radical (unpaired) electrons. The number of hydrogen-bond acceptors (Lipinski definition) is 2. The molecule has 3 nitrogen and oxygen atoms in total. The number of carbonyl (C=O) groups excluding carboxylic acids is 1. The molecule has 4 heteroatoms. The van der Waals surface area contributed by atoms with Crippen molar-refractivity contribution in [3.8, 4) is 5.75 Å². The molecule has 0 unspecified atom stereocenters. The maximum atomic E-state index is 11.6. The number of benzene rings is 1. The second-order valence-electron chi connectivity index (χ2n) is 4.04. The summed E-state index contributed by atoms with van der Waals surface area (Å²) >= 11 is 3.39. The fourth-order valence-corrected chi connectivity index (χ4v) is 1.77. The van der Waals surface area contributed by atoms with E-state index in [1.807, 2.05) is 32.0 Å². The molecule has 0 spiro atoms. The number of halogens is 1. The Hall–Kier alpha value is -1.29. The van der Waals surface area contributed by atoms with Gasteiger partial charge in [0.2, 0.25) is 5.91 Å². The summed E-state index contributed by atoms with van der Waals surface area (Å²) in [6.07, 6.45) is 4.19. The lowest BCUT2D eigenvalue weighted by molar-refractivity contribution is -0.117. The first-order valence-electron chi connectivity index (χ1n) is 5.89. The highest BCUT2D eigenvalue weighted by Gasteiger charge is 2.03. The van der Waals surface area contributed by atoms with Crippen LogP contribution in [-0.2, 0) is 4.79 Å². The molecule has 18 heavy (non-hydrogen) atoms. The number of methoxy groups -OCH3 is 1. The van der Waals surface area contributed by atoms with E-state index in [1.165, 1.54) is 6.08 Å². The van der Waals surface area contributed by atoms with Gasteiger partial charge in [0.25, 0.3) is 0 Å². The van der Waals surface area contributed by atoms with Gasteiger partial charge in [0, 0.05) is 22.2 Å². The number of ether oxygens (including phenoxy) is 1. The maximum Gasteiger partial charge on any atom is 0.244 e. The van der Waals surface area contributed by atoms with Crippen molar-refractivity contribution in [1.82, 2.24) is 5.32 Å². The van der Waals surface area contributed by atoms with E-state index in [4.69, 9.17) is 4.74 Å². The van der Waals surface area contributed by atoms with Gasteiger partial charge in [-0.25, -0.2) is 0 Å². The number of rotatable bonds is 5. The van der Waals surface area contributed by atoms with Crippen LogP contribution in [0, 0.1) is 0 Å². The smallest absolute Gasteiger partial charge is 0.244 e. The van der Waals surface area contributed by atoms with E-state index in [0.29, 0.717) is 0 Å². The minimum Gasteiger partial charge on any atom is -0.496 e. The van der Waals surface area contributed by atoms with Crippen LogP contribution in [0.25, 0.3) is 6.08 Å². The van der Waals surface area contributed by atoms with Crippen LogP contribution < -0.4 is 10.1 Å². The topological polar surface area (TPSA) is 38.3 Å². The highest BCUT2D eigenvalue weighted by atomic mass is 79.9. The molecular formula is C14H18BrNO2. The molecule has 0 fully saturated rings. The molecule has 1 rings (SSSR count). The van der Waals surface area contributed by atoms with Crippen molar-refractivity contribution >= 4 is 27.9 Å². The number of amides is 1. The maximum absolute atomic E-state index is 11.6. The summed E-state index contributed by atoms with van der Waals surface area (Å²) in [4.78, 5) is 11.6. The zero-order valence-electron chi connectivity index (χ0n) is 10.9. The first-order chi connectivity index (χ1) is 8.56. The highest BCUT2D eigenvalue weighted by molar-refractivity contribution is 9.10. The zero-order valence-corrected chi connectivity index (χ0v) is 12.5. The summed E-state index contributed by atoms with van der Waals surface area (Å²) in [5.74, 6) is 0.650. The van der Waals surface area contributed by atoms with E-state index in [1.54, 1.807) is 13.2 Å². The Bertz CT molecular complexity index is 443. The Labute approximate surface area is 116 Å². The standard InChI is InChI=1S/C14H18BrNO2/c1-4-10(2)16-14(17)8-5-11-9-12(15)6-7-13(11)18-3/h5-10H,4H2,1-3H3,(H,16,17)/b8-5-/t10-/m1/s1. The van der Waals surface area contributed by atoms with E-state index in [9.17, 15) is 4.79 Å². The molecule has 1 N–H and O–H groups in total. The number of hydrogen-bond donors (Lipinski definition) is 1. The van der Waals surface area contributed by atoms with Crippen LogP contribution in [0.3, 0.4) is 0 Å². The Kier molecular flexibility index (Phi) is 5.92. The summed E-state index contributed by atoms with van der Waals surface area (Å²) < 4.78 is 6.18. The second-order valence-corrected chi connectivity index (χ2v) is 4.95. The Morgan fingerprint density at radius 2 is 2.28 bits per heavy atom. The van der Waals surface area contributed by atoms with Crippen molar-refractivity contribution in [3.63, 3.8) is 0 Å². The molecule has 1 amide bonds. The van der Waals surface area contributed by atoms with Crippen LogP contribution in [0.2, 0.25) is 0 Å². The van der Waals surface area contributed by atoms with Crippen LogP contribution in [0.15, 0.2) is 28.7 Å². The summed E-state index contributed by atoms with van der Waals surface area (Å²) in [6, 6.07) is 5.85. The molecule has 0 aliphatic heterocycles. The summed E-state index contributed by atoms with van der Waals surface area (Å²) in [5.41, 5.74) is 0.867. The third-order valence-electron chi connectivity index (χ3n) is 2.61. The molecule has 1 aromatic rings. The van der Waals surface area contributed by atoms with Gasteiger partial charge in [0.1, 0.15) is 5.75 Å². The van der Waals surface area contributed by atoms with Gasteiger partial charge in [0.15, 0.2) is 0 Å². The van der Waals surface area contributed by atoms with Crippen molar-refractivity contribution in [1.29, 1.82) is 0 Å². The van der Waals surface area contributed by atoms with E-state index in [-0.39, 0.29) is 11.9 Å². The summed E-state index contributed by atoms with van der Waals surface area (Å²) in [5, 5.41) is 2.87. The van der Waals surface area contributed by atoms with Gasteiger partial charge in [0.05, 0.1) is 7.11 Å². The van der Waals surface area contributed by atoms with Gasteiger partial charge in [-0.1, -0.05) is 22.9 Å². The van der Waals surface area contributed by atoms with Crippen LogP contribution >= 0.6 is 15.9 Å². The van der Waals surface area contributed by atoms with Crippen LogP contribution in [0.4, 0.5) is 0 Å². The quantitative estimate of drug-likeness (QED) is 0.847. The number of nitrogens with one attached hydrogen (secondary N) is 1. The number of carbonyl (C=O) groups is 1. The lowest BCUT2D eigenvalue weighted by Gasteiger charge is -2.09. The fourth-order valence-electron chi connectivity index (χ4n) is 1.39. The monoisotopic (exact) mass is 311 g/mol. The first kappa shape index (κ1) is 14.8. The first-order valence-corrected chi connectivity index (χ1v) is 6.68. The molecule has 0 bridgehead atoms. The predicted molar refractivity (Wildman–Crippen MR) is 77.6 cm³/mol. The average molecular weight is 312 g/mol. The molecule has 0 aromatic heterocycles. The van der Waals surface area contributed by atoms with Crippen molar-refractivity contribution in [3.05, 3.63) is 34.3 Å². The third-order valence-corrected chi connectivity index (χ3v) is 3.10. The lowest BCUT2D eigenvalue weighted by Crippen LogP contribution is -2.30. The average Bonchev–Trinajstić information content (AvgIpc) is 2.36. The third kappa shape index (κ3) is 4.53. The lowest BCUT2D eigenvalue weighted by atomic mass is 10.2. The van der Waals surface area contributed by atoms with Gasteiger partial charge in [-0.15, -0.1) is 0 Å². The highest BCUT2D eigenvalue weighted by Crippen LogP contribution is 2.23. The van der Waals surface area contributed by atoms with E-state index in [0.717, 1.165) is 22.2 Å². The van der Waals surface area contributed by atoms with Crippen LogP contribution in [0.1, 0.15) is 25.8 Å². The SMILES string of the molecule is CC[C@@H](C)NC(=O)/C=C\c1cc(Br)ccc1OC. The van der Waals surface area contributed by atoms with Crippen molar-refractivity contribution in [2.75, 3.05) is 7.11 Å². The van der Waals surface area contributed by atoms with Gasteiger partial charge in [-0.3, -0.25) is 4.79 Å². The fraction of sp³-hybridized carbons (Fsp3) is 0.357. The molecular weight excluding hydrogens is 294 g/mol. The van der Waals surface area contributed by atoms with Crippen LogP contribution in [-0.4, -0.2) is 19.1 Å². The van der Waals surface area contributed by atoms with Gasteiger partial charge >= 0.3 is 0 Å². The molecule has 0 aliphatic rings. The van der Waals surface area contributed by atoms with E-state index >= 15 is 0 Å². The normalized spacial score (nSPS) is 12.4. The molecule has 1 aromatic carbocycles. The second kappa shape index (κ2) is 7.21. The Balaban J connectivity index is 2.77. The largest absolute Gasteiger partial charge is 0.496 e. The molecule has 0 aliphatic carbocycles. The molecule has 1 atom stereocenters. The van der Waals surface area contributed by atoms with E-state index < -0.39 is 0 Å². The van der Waals surface area contributed by atoms with Gasteiger partial charge in [-0.2, -0.15) is 0 Å². The van der Waals surface area contributed by atoms with Gasteiger partial charge < -0.3 is 10.1 Å².